The van der Waals surface area contributed by atoms with Crippen LogP contribution in [-0.2, 0) is 19.2 Å². The predicted molar refractivity (Wildman–Crippen MR) is 161 cm³/mol. The molecule has 6 rings (SSSR count). The minimum atomic E-state index is -0.984. The molecule has 0 aromatic heterocycles. The Morgan fingerprint density at radius 2 is 1.13 bits per heavy atom. The molecule has 2 fully saturated rings. The highest BCUT2D eigenvalue weighted by molar-refractivity contribution is 9.09. The predicted octanol–water partition coefficient (Wildman–Crippen LogP) is -0.374. The Hall–Kier alpha value is -5.00. The number of hydrogen-bond acceptors (Lipinski definition) is 12. The molecule has 8 amide bonds. The van der Waals surface area contributed by atoms with Gasteiger partial charge < -0.3 is 20.1 Å². The van der Waals surface area contributed by atoms with Crippen molar-refractivity contribution in [1.82, 2.24) is 20.4 Å². The lowest BCUT2D eigenvalue weighted by molar-refractivity contribution is -0.137. The highest BCUT2D eigenvalue weighted by Gasteiger charge is 2.46. The highest BCUT2D eigenvalue weighted by atomic mass is 79.9. The molecule has 4 aliphatic heterocycles. The number of carbonyl (C=O) groups is 8. The van der Waals surface area contributed by atoms with Crippen LogP contribution in [0.1, 0.15) is 67.1 Å². The zero-order valence-electron chi connectivity index (χ0n) is 24.6. The molecule has 0 bridgehead atoms. The van der Waals surface area contributed by atoms with Gasteiger partial charge in [0.05, 0.1) is 35.5 Å². The number of aliphatic hydroxyl groups is 2. The summed E-state index contributed by atoms with van der Waals surface area (Å²) in [6, 6.07) is 6.26. The molecule has 0 aliphatic carbocycles. The summed E-state index contributed by atoms with van der Waals surface area (Å²) in [6.45, 7) is 0.129. The summed E-state index contributed by atoms with van der Waals surface area (Å²) < 4.78 is 5.22. The molecule has 16 nitrogen and oxygen atoms in total. The van der Waals surface area contributed by atoms with E-state index in [-0.39, 0.29) is 73.5 Å². The van der Waals surface area contributed by atoms with Gasteiger partial charge in [-0.2, -0.15) is 0 Å². The van der Waals surface area contributed by atoms with Crippen molar-refractivity contribution in [3.63, 3.8) is 0 Å². The summed E-state index contributed by atoms with van der Waals surface area (Å²) in [7, 11) is 0. The second-order valence-corrected chi connectivity index (χ2v) is 11.1. The van der Waals surface area contributed by atoms with Crippen molar-refractivity contribution in [2.45, 2.75) is 37.8 Å². The van der Waals surface area contributed by atoms with Gasteiger partial charge in [0.1, 0.15) is 30.2 Å². The second-order valence-electron chi connectivity index (χ2n) is 10.3. The number of halogens is 1. The standard InChI is InChI=1S/C15H14N2O6.C13H10N2O5.C2H5BrO/c18-5-6-23-8-1-2-9-10(7-8)15(22)17(14(9)21)11-3-4-12(19)16-13(11)20;16-6-1-2-7-8(5-6)13(20)15(12(7)19)9-3-4-10(17)14-11(9)18;3-1-2-4/h1-2,7,11,18H,3-6H2,(H,16,19,20);1-2,5,9,16H,3-4H2,(H,14,17,18);4H,1-2H2. The molecular formula is C30H29BrN4O12. The van der Waals surface area contributed by atoms with Gasteiger partial charge in [-0.1, -0.05) is 15.9 Å². The van der Waals surface area contributed by atoms with E-state index in [4.69, 9.17) is 14.9 Å². The Labute approximate surface area is 274 Å². The fourth-order valence-electron chi connectivity index (χ4n) is 5.16. The first kappa shape index (κ1) is 34.9. The number of fused-ring (bicyclic) bond motifs is 2. The average molecular weight is 717 g/mol. The maximum absolute atomic E-state index is 12.5. The van der Waals surface area contributed by atoms with Gasteiger partial charge in [0.2, 0.25) is 23.6 Å². The van der Waals surface area contributed by atoms with E-state index < -0.39 is 59.3 Å². The molecule has 17 heteroatoms. The summed E-state index contributed by atoms with van der Waals surface area (Å²) in [5.41, 5.74) is 0.559. The third-order valence-electron chi connectivity index (χ3n) is 7.28. The number of phenols is 1. The number of nitrogens with one attached hydrogen (secondary N) is 2. The Kier molecular flexibility index (Phi) is 11.2. The van der Waals surface area contributed by atoms with Gasteiger partial charge in [0.15, 0.2) is 0 Å². The van der Waals surface area contributed by atoms with Crippen LogP contribution in [0.15, 0.2) is 36.4 Å². The van der Waals surface area contributed by atoms with E-state index in [1.807, 2.05) is 0 Å². The Morgan fingerprint density at radius 3 is 1.57 bits per heavy atom. The number of aliphatic hydroxyl groups excluding tert-OH is 2. The summed E-state index contributed by atoms with van der Waals surface area (Å²) in [5, 5.41) is 30.9. The smallest absolute Gasteiger partial charge is 0.262 e. The minimum Gasteiger partial charge on any atom is -0.508 e. The number of hydrogen-bond donors (Lipinski definition) is 5. The van der Waals surface area contributed by atoms with E-state index >= 15 is 0 Å². The molecule has 5 N–H and O–H groups in total. The molecule has 0 spiro atoms. The molecule has 0 radical (unpaired) electrons. The molecule has 2 aromatic carbocycles. The lowest BCUT2D eigenvalue weighted by atomic mass is 10.0. The van der Waals surface area contributed by atoms with E-state index in [1.54, 1.807) is 0 Å². The van der Waals surface area contributed by atoms with Crippen molar-refractivity contribution < 1.29 is 58.4 Å². The van der Waals surface area contributed by atoms with Gasteiger partial charge >= 0.3 is 0 Å². The number of ether oxygens (including phenoxy) is 1. The van der Waals surface area contributed by atoms with Crippen molar-refractivity contribution >= 4 is 63.2 Å². The number of nitrogens with zero attached hydrogens (tertiary/aromatic N) is 2. The second kappa shape index (κ2) is 15.1. The van der Waals surface area contributed by atoms with Crippen molar-refractivity contribution in [1.29, 1.82) is 0 Å². The lowest BCUT2D eigenvalue weighted by Gasteiger charge is -2.27. The number of alkyl halides is 1. The normalized spacial score (nSPS) is 20.1. The summed E-state index contributed by atoms with van der Waals surface area (Å²) in [5.74, 6) is -4.27. The third kappa shape index (κ3) is 7.37. The quantitative estimate of drug-likeness (QED) is 0.190. The van der Waals surface area contributed by atoms with Crippen LogP contribution in [-0.4, -0.2) is 110 Å². The van der Waals surface area contributed by atoms with Crippen LogP contribution in [0.25, 0.3) is 0 Å². The van der Waals surface area contributed by atoms with Gasteiger partial charge in [-0.3, -0.25) is 58.8 Å². The van der Waals surface area contributed by atoms with Crippen LogP contribution in [0.4, 0.5) is 0 Å². The van der Waals surface area contributed by atoms with Crippen LogP contribution in [0.2, 0.25) is 0 Å². The molecule has 2 atom stereocenters. The van der Waals surface area contributed by atoms with E-state index in [9.17, 15) is 43.5 Å². The highest BCUT2D eigenvalue weighted by Crippen LogP contribution is 2.31. The maximum Gasteiger partial charge on any atom is 0.262 e. The van der Waals surface area contributed by atoms with Gasteiger partial charge in [-0.25, -0.2) is 0 Å². The van der Waals surface area contributed by atoms with E-state index in [1.165, 1.54) is 36.4 Å². The Morgan fingerprint density at radius 1 is 0.681 bits per heavy atom. The van der Waals surface area contributed by atoms with E-state index in [2.05, 4.69) is 26.6 Å². The van der Waals surface area contributed by atoms with Crippen LogP contribution < -0.4 is 15.4 Å². The number of imide groups is 4. The summed E-state index contributed by atoms with van der Waals surface area (Å²) in [6.07, 6.45) is 0.385. The number of piperidine rings is 2. The Balaban J connectivity index is 0.000000193. The molecular weight excluding hydrogens is 688 g/mol. The van der Waals surface area contributed by atoms with Crippen LogP contribution in [0, 0.1) is 0 Å². The number of benzene rings is 2. The first-order chi connectivity index (χ1) is 22.4. The maximum atomic E-state index is 12.5. The number of carbonyl (C=O) groups excluding carboxylic acids is 8. The molecule has 248 valence electrons. The lowest BCUT2D eigenvalue weighted by Crippen LogP contribution is -2.54. The molecule has 2 unspecified atom stereocenters. The topological polar surface area (TPSA) is 237 Å². The largest absolute Gasteiger partial charge is 0.508 e. The fraction of sp³-hybridized carbons (Fsp3) is 0.333. The van der Waals surface area contributed by atoms with Gasteiger partial charge in [0.25, 0.3) is 23.6 Å². The van der Waals surface area contributed by atoms with Crippen molar-refractivity contribution in [2.75, 3.05) is 25.2 Å². The van der Waals surface area contributed by atoms with Crippen molar-refractivity contribution in [3.8, 4) is 11.5 Å². The average Bonchev–Trinajstić information content (AvgIpc) is 3.43. The fourth-order valence-corrected chi connectivity index (χ4v) is 5.16. The van der Waals surface area contributed by atoms with E-state index in [0.717, 1.165) is 9.80 Å². The van der Waals surface area contributed by atoms with Gasteiger partial charge in [-0.15, -0.1) is 0 Å². The SMILES string of the molecule is O=C1CCC(N2C(=O)c3ccc(O)cc3C2=O)C(=O)N1.O=C1CCC(N2C(=O)c3ccc(OCCO)cc3C2=O)C(=O)N1.OCCBr. The summed E-state index contributed by atoms with van der Waals surface area (Å²) >= 11 is 3.00. The third-order valence-corrected chi connectivity index (χ3v) is 7.63. The van der Waals surface area contributed by atoms with E-state index in [0.29, 0.717) is 11.1 Å². The first-order valence-corrected chi connectivity index (χ1v) is 15.4. The zero-order chi connectivity index (χ0) is 34.4. The zero-order valence-corrected chi connectivity index (χ0v) is 26.1. The summed E-state index contributed by atoms with van der Waals surface area (Å²) in [4.78, 5) is 97.1. The number of amides is 8. The number of aromatic hydroxyl groups is 1. The first-order valence-electron chi connectivity index (χ1n) is 14.2. The van der Waals surface area contributed by atoms with Gasteiger partial charge in [-0.05, 0) is 49.2 Å². The van der Waals surface area contributed by atoms with Gasteiger partial charge in [0, 0.05) is 18.2 Å². The van der Waals surface area contributed by atoms with Crippen LogP contribution >= 0.6 is 15.9 Å². The number of rotatable bonds is 6. The monoisotopic (exact) mass is 716 g/mol. The molecule has 4 aliphatic rings. The van der Waals surface area contributed by atoms with Crippen LogP contribution in [0.3, 0.4) is 0 Å². The minimum absolute atomic E-state index is 0.0672. The molecule has 2 saturated heterocycles. The molecule has 2 aromatic rings. The van der Waals surface area contributed by atoms with Crippen molar-refractivity contribution in [2.24, 2.45) is 0 Å². The number of phenolic OH excluding ortho intramolecular Hbond substituents is 1. The van der Waals surface area contributed by atoms with Crippen molar-refractivity contribution in [3.05, 3.63) is 58.7 Å². The molecule has 4 heterocycles. The van der Waals surface area contributed by atoms with Crippen LogP contribution in [0.5, 0.6) is 11.5 Å². The molecule has 0 saturated carbocycles. The Bertz CT molecular complexity index is 1660. The molecule has 47 heavy (non-hydrogen) atoms.